The van der Waals surface area contributed by atoms with E-state index in [0.717, 1.165) is 5.56 Å². The van der Waals surface area contributed by atoms with Crippen LogP contribution in [-0.4, -0.2) is 17.5 Å². The molecule has 2 rings (SSSR count). The van der Waals surface area contributed by atoms with E-state index in [0.29, 0.717) is 23.4 Å². The highest BCUT2D eigenvalue weighted by Crippen LogP contribution is 2.15. The molecule has 126 valence electrons. The molecule has 0 bridgehead atoms. The van der Waals surface area contributed by atoms with Crippen molar-refractivity contribution < 1.29 is 14.3 Å². The van der Waals surface area contributed by atoms with Crippen molar-refractivity contribution in [3.63, 3.8) is 0 Å². The third-order valence-corrected chi connectivity index (χ3v) is 3.20. The van der Waals surface area contributed by atoms with Gasteiger partial charge in [0, 0.05) is 23.4 Å². The normalized spacial score (nSPS) is 11.0. The zero-order chi connectivity index (χ0) is 17.7. The lowest BCUT2D eigenvalue weighted by Gasteiger charge is -2.19. The topological polar surface area (TPSA) is 81.4 Å². The number of anilines is 2. The van der Waals surface area contributed by atoms with Crippen LogP contribution in [0, 0.1) is 0 Å². The Morgan fingerprint density at radius 1 is 1.00 bits per heavy atom. The zero-order valence-electron chi connectivity index (χ0n) is 14.1. The molecular formula is C19H22N2O3. The SMILES string of the molecule is CC(C)(C)OC(=O)Nc1ccc(C(=O)Cc2ccc(N)cc2)cc1. The van der Waals surface area contributed by atoms with Gasteiger partial charge in [0.15, 0.2) is 5.78 Å². The molecule has 0 aliphatic rings. The summed E-state index contributed by atoms with van der Waals surface area (Å²) in [7, 11) is 0. The Morgan fingerprint density at radius 3 is 2.12 bits per heavy atom. The zero-order valence-corrected chi connectivity index (χ0v) is 14.1. The van der Waals surface area contributed by atoms with Crippen LogP contribution in [0.15, 0.2) is 48.5 Å². The standard InChI is InChI=1S/C19H22N2O3/c1-19(2,3)24-18(23)21-16-10-6-14(7-11-16)17(22)12-13-4-8-15(20)9-5-13/h4-11H,12,20H2,1-3H3,(H,21,23). The van der Waals surface area contributed by atoms with Crippen molar-refractivity contribution in [1.82, 2.24) is 0 Å². The highest BCUT2D eigenvalue weighted by molar-refractivity contribution is 5.98. The predicted molar refractivity (Wildman–Crippen MR) is 95.2 cm³/mol. The summed E-state index contributed by atoms with van der Waals surface area (Å²) in [6.45, 7) is 5.39. The van der Waals surface area contributed by atoms with Gasteiger partial charge in [-0.25, -0.2) is 4.79 Å². The molecule has 24 heavy (non-hydrogen) atoms. The van der Waals surface area contributed by atoms with Crippen LogP contribution in [-0.2, 0) is 11.2 Å². The number of ketones is 1. The third-order valence-electron chi connectivity index (χ3n) is 3.20. The Labute approximate surface area is 141 Å². The number of carbonyl (C=O) groups excluding carboxylic acids is 2. The molecule has 0 aromatic heterocycles. The van der Waals surface area contributed by atoms with Crippen LogP contribution < -0.4 is 11.1 Å². The molecule has 0 heterocycles. The lowest BCUT2D eigenvalue weighted by molar-refractivity contribution is 0.0636. The van der Waals surface area contributed by atoms with Crippen LogP contribution in [0.25, 0.3) is 0 Å². The van der Waals surface area contributed by atoms with Gasteiger partial charge in [-0.1, -0.05) is 12.1 Å². The van der Waals surface area contributed by atoms with Gasteiger partial charge in [0.1, 0.15) is 5.60 Å². The molecule has 1 amide bonds. The van der Waals surface area contributed by atoms with Crippen LogP contribution >= 0.6 is 0 Å². The number of hydrogen-bond donors (Lipinski definition) is 2. The number of amides is 1. The molecule has 0 saturated carbocycles. The summed E-state index contributed by atoms with van der Waals surface area (Å²) < 4.78 is 5.18. The van der Waals surface area contributed by atoms with Crippen LogP contribution in [0.4, 0.5) is 16.2 Å². The van der Waals surface area contributed by atoms with Gasteiger partial charge < -0.3 is 10.5 Å². The number of benzene rings is 2. The Balaban J connectivity index is 1.97. The molecular weight excluding hydrogens is 304 g/mol. The van der Waals surface area contributed by atoms with Gasteiger partial charge in [-0.05, 0) is 62.7 Å². The molecule has 0 atom stereocenters. The monoisotopic (exact) mass is 326 g/mol. The first-order chi connectivity index (χ1) is 11.2. The maximum atomic E-state index is 12.3. The van der Waals surface area contributed by atoms with Crippen molar-refractivity contribution in [3.8, 4) is 0 Å². The van der Waals surface area contributed by atoms with E-state index in [1.165, 1.54) is 0 Å². The van der Waals surface area contributed by atoms with E-state index in [2.05, 4.69) is 5.32 Å². The summed E-state index contributed by atoms with van der Waals surface area (Å²) in [5.74, 6) is 0.00332. The van der Waals surface area contributed by atoms with Crippen LogP contribution in [0.3, 0.4) is 0 Å². The minimum atomic E-state index is -0.556. The van der Waals surface area contributed by atoms with Crippen molar-refractivity contribution in [3.05, 3.63) is 59.7 Å². The number of hydrogen-bond acceptors (Lipinski definition) is 4. The predicted octanol–water partition coefficient (Wildman–Crippen LogP) is 4.04. The second-order valence-corrected chi connectivity index (χ2v) is 6.55. The first kappa shape index (κ1) is 17.5. The Hall–Kier alpha value is -2.82. The van der Waals surface area contributed by atoms with E-state index in [9.17, 15) is 9.59 Å². The van der Waals surface area contributed by atoms with Gasteiger partial charge in [-0.2, -0.15) is 0 Å². The number of nitrogens with one attached hydrogen (secondary N) is 1. The molecule has 5 heteroatoms. The van der Waals surface area contributed by atoms with E-state index < -0.39 is 11.7 Å². The Bertz CT molecular complexity index is 714. The molecule has 0 radical (unpaired) electrons. The molecule has 0 aliphatic carbocycles. The molecule has 2 aromatic carbocycles. The van der Waals surface area contributed by atoms with Crippen molar-refractivity contribution in [2.45, 2.75) is 32.8 Å². The fourth-order valence-corrected chi connectivity index (χ4v) is 2.08. The van der Waals surface area contributed by atoms with Crippen molar-refractivity contribution >= 4 is 23.3 Å². The Kier molecular flexibility index (Phi) is 5.24. The van der Waals surface area contributed by atoms with Crippen LogP contribution in [0.1, 0.15) is 36.7 Å². The lowest BCUT2D eigenvalue weighted by Crippen LogP contribution is -2.27. The maximum absolute atomic E-state index is 12.3. The molecule has 0 unspecified atom stereocenters. The van der Waals surface area contributed by atoms with Crippen molar-refractivity contribution in [2.75, 3.05) is 11.1 Å². The largest absolute Gasteiger partial charge is 0.444 e. The summed E-state index contributed by atoms with van der Waals surface area (Å²) in [6.07, 6.45) is -0.220. The summed E-state index contributed by atoms with van der Waals surface area (Å²) in [5, 5.41) is 2.63. The minimum absolute atomic E-state index is 0.00332. The number of rotatable bonds is 4. The highest BCUT2D eigenvalue weighted by Gasteiger charge is 2.16. The molecule has 0 saturated heterocycles. The molecule has 2 aromatic rings. The van der Waals surface area contributed by atoms with Gasteiger partial charge in [0.05, 0.1) is 0 Å². The van der Waals surface area contributed by atoms with E-state index in [4.69, 9.17) is 10.5 Å². The lowest BCUT2D eigenvalue weighted by atomic mass is 10.0. The summed E-state index contributed by atoms with van der Waals surface area (Å²) in [5.41, 5.74) is 7.82. The smallest absolute Gasteiger partial charge is 0.412 e. The summed E-state index contributed by atoms with van der Waals surface area (Å²) in [4.78, 5) is 24.0. The molecule has 0 aliphatic heterocycles. The Morgan fingerprint density at radius 2 is 1.58 bits per heavy atom. The summed E-state index contributed by atoms with van der Waals surface area (Å²) >= 11 is 0. The summed E-state index contributed by atoms with van der Waals surface area (Å²) in [6, 6.07) is 14.0. The van der Waals surface area contributed by atoms with Gasteiger partial charge >= 0.3 is 6.09 Å². The number of ether oxygens (including phenoxy) is 1. The average Bonchev–Trinajstić information content (AvgIpc) is 2.48. The van der Waals surface area contributed by atoms with Crippen molar-refractivity contribution in [2.24, 2.45) is 0 Å². The van der Waals surface area contributed by atoms with E-state index >= 15 is 0 Å². The molecule has 0 spiro atoms. The van der Waals surface area contributed by atoms with E-state index in [1.807, 2.05) is 12.1 Å². The van der Waals surface area contributed by atoms with E-state index in [-0.39, 0.29) is 5.78 Å². The van der Waals surface area contributed by atoms with Gasteiger partial charge in [0.25, 0.3) is 0 Å². The van der Waals surface area contributed by atoms with Gasteiger partial charge in [-0.15, -0.1) is 0 Å². The molecule has 3 N–H and O–H groups in total. The molecule has 5 nitrogen and oxygen atoms in total. The number of Topliss-reactive ketones (excluding diaryl/α,β-unsaturated/α-hetero) is 1. The first-order valence-electron chi connectivity index (χ1n) is 7.71. The fraction of sp³-hybridized carbons (Fsp3) is 0.263. The average molecular weight is 326 g/mol. The fourth-order valence-electron chi connectivity index (χ4n) is 2.08. The minimum Gasteiger partial charge on any atom is -0.444 e. The second-order valence-electron chi connectivity index (χ2n) is 6.55. The third kappa shape index (κ3) is 5.43. The second kappa shape index (κ2) is 7.17. The highest BCUT2D eigenvalue weighted by atomic mass is 16.6. The first-order valence-corrected chi connectivity index (χ1v) is 7.71. The number of nitrogens with two attached hydrogens (primary N) is 1. The maximum Gasteiger partial charge on any atom is 0.412 e. The van der Waals surface area contributed by atoms with Crippen LogP contribution in [0.5, 0.6) is 0 Å². The van der Waals surface area contributed by atoms with Crippen LogP contribution in [0.2, 0.25) is 0 Å². The van der Waals surface area contributed by atoms with Crippen molar-refractivity contribution in [1.29, 1.82) is 0 Å². The van der Waals surface area contributed by atoms with Gasteiger partial charge in [-0.3, -0.25) is 10.1 Å². The number of nitrogen functional groups attached to an aromatic ring is 1. The number of carbonyl (C=O) groups is 2. The van der Waals surface area contributed by atoms with Gasteiger partial charge in [0.2, 0.25) is 0 Å². The van der Waals surface area contributed by atoms with E-state index in [1.54, 1.807) is 57.2 Å². The quantitative estimate of drug-likeness (QED) is 0.656. The molecule has 0 fully saturated rings.